The highest BCUT2D eigenvalue weighted by molar-refractivity contribution is 5.80. The Morgan fingerprint density at radius 3 is 2.85 bits per heavy atom. The third-order valence-electron chi connectivity index (χ3n) is 4.58. The van der Waals surface area contributed by atoms with Gasteiger partial charge in [-0.3, -0.25) is 4.79 Å². The molecule has 0 spiro atoms. The minimum atomic E-state index is 0.492. The highest BCUT2D eigenvalue weighted by atomic mass is 16.1. The maximum atomic E-state index is 11.5. The Morgan fingerprint density at radius 1 is 1.31 bits per heavy atom. The van der Waals surface area contributed by atoms with E-state index in [1.807, 2.05) is 0 Å². The van der Waals surface area contributed by atoms with Gasteiger partial charge in [-0.1, -0.05) is 26.7 Å². The summed E-state index contributed by atoms with van der Waals surface area (Å²) in [6.07, 6.45) is 7.10. The maximum absolute atomic E-state index is 11.5. The van der Waals surface area contributed by atoms with Crippen molar-refractivity contribution in [1.29, 1.82) is 0 Å². The van der Waals surface area contributed by atoms with Crippen LogP contribution in [0.15, 0.2) is 0 Å². The largest absolute Gasteiger partial charge is 0.300 e. The van der Waals surface area contributed by atoms with Gasteiger partial charge in [-0.25, -0.2) is 0 Å². The number of fused-ring (bicyclic) bond motifs is 1. The van der Waals surface area contributed by atoms with Crippen LogP contribution in [0.2, 0.25) is 0 Å². The van der Waals surface area contributed by atoms with Crippen molar-refractivity contribution < 1.29 is 4.79 Å². The molecule has 0 aliphatic heterocycles. The van der Waals surface area contributed by atoms with E-state index in [2.05, 4.69) is 13.8 Å². The molecule has 2 saturated carbocycles. The molecular formula is C12H20O. The van der Waals surface area contributed by atoms with Crippen LogP contribution in [0, 0.1) is 17.3 Å². The molecule has 0 aromatic carbocycles. The van der Waals surface area contributed by atoms with Gasteiger partial charge in [-0.15, -0.1) is 0 Å². The van der Waals surface area contributed by atoms with Gasteiger partial charge >= 0.3 is 0 Å². The van der Waals surface area contributed by atoms with Gasteiger partial charge in [0.1, 0.15) is 5.78 Å². The number of hydrogen-bond donors (Lipinski definition) is 0. The minimum Gasteiger partial charge on any atom is -0.300 e. The molecule has 2 fully saturated rings. The molecule has 1 heteroatoms. The molecule has 0 radical (unpaired) electrons. The van der Waals surface area contributed by atoms with Crippen molar-refractivity contribution in [2.45, 2.75) is 52.4 Å². The zero-order valence-electron chi connectivity index (χ0n) is 8.81. The summed E-state index contributed by atoms with van der Waals surface area (Å²) in [5.74, 6) is 1.84. The second-order valence-electron chi connectivity index (χ2n) is 5.30. The highest BCUT2D eigenvalue weighted by Crippen LogP contribution is 2.52. The van der Waals surface area contributed by atoms with E-state index in [0.717, 1.165) is 12.8 Å². The van der Waals surface area contributed by atoms with Gasteiger partial charge < -0.3 is 0 Å². The molecule has 13 heavy (non-hydrogen) atoms. The highest BCUT2D eigenvalue weighted by Gasteiger charge is 2.45. The van der Waals surface area contributed by atoms with E-state index in [9.17, 15) is 4.79 Å². The lowest BCUT2D eigenvalue weighted by molar-refractivity contribution is -0.129. The minimum absolute atomic E-state index is 0.492. The molecule has 1 nitrogen and oxygen atoms in total. The number of ketones is 1. The third-order valence-corrected chi connectivity index (χ3v) is 4.58. The molecule has 3 atom stereocenters. The Kier molecular flexibility index (Phi) is 2.21. The molecule has 2 rings (SSSR count). The first kappa shape index (κ1) is 9.23. The fourth-order valence-electron chi connectivity index (χ4n) is 3.35. The second-order valence-corrected chi connectivity index (χ2v) is 5.30. The van der Waals surface area contributed by atoms with Gasteiger partial charge in [-0.05, 0) is 30.1 Å². The Bertz CT molecular complexity index is 221. The summed E-state index contributed by atoms with van der Waals surface area (Å²) in [5, 5.41) is 0. The Labute approximate surface area is 80.9 Å². The first-order valence-electron chi connectivity index (χ1n) is 5.64. The number of rotatable bonds is 0. The van der Waals surface area contributed by atoms with Crippen LogP contribution >= 0.6 is 0 Å². The lowest BCUT2D eigenvalue weighted by atomic mass is 9.56. The van der Waals surface area contributed by atoms with Crippen molar-refractivity contribution in [3.63, 3.8) is 0 Å². The lowest BCUT2D eigenvalue weighted by Crippen LogP contribution is -2.42. The van der Waals surface area contributed by atoms with Crippen LogP contribution in [0.5, 0.6) is 0 Å². The van der Waals surface area contributed by atoms with E-state index < -0.39 is 0 Å². The molecule has 0 amide bonds. The second kappa shape index (κ2) is 3.11. The number of carbonyl (C=O) groups excluding carboxylic acids is 1. The molecule has 2 aliphatic carbocycles. The number of Topliss-reactive ketones (excluding diaryl/α,β-unsaturated/α-hetero) is 1. The van der Waals surface area contributed by atoms with Crippen LogP contribution in [0.25, 0.3) is 0 Å². The van der Waals surface area contributed by atoms with E-state index in [1.54, 1.807) is 0 Å². The zero-order chi connectivity index (χ0) is 9.47. The van der Waals surface area contributed by atoms with E-state index in [1.165, 1.54) is 25.7 Å². The molecule has 0 heterocycles. The van der Waals surface area contributed by atoms with Gasteiger partial charge in [0.05, 0.1) is 0 Å². The maximum Gasteiger partial charge on any atom is 0.133 e. The smallest absolute Gasteiger partial charge is 0.133 e. The zero-order valence-corrected chi connectivity index (χ0v) is 8.81. The third kappa shape index (κ3) is 1.43. The summed E-state index contributed by atoms with van der Waals surface area (Å²) >= 11 is 0. The van der Waals surface area contributed by atoms with E-state index in [-0.39, 0.29) is 0 Å². The monoisotopic (exact) mass is 180 g/mol. The number of carbonyl (C=O) groups is 1. The standard InChI is InChI=1S/C12H20O/c1-9-7-11(13)8-10-5-3-4-6-12(9,10)2/h9-10H,3-8H2,1-2H3/t9-,10+,12+/m0/s1. The van der Waals surface area contributed by atoms with E-state index >= 15 is 0 Å². The van der Waals surface area contributed by atoms with Crippen molar-refractivity contribution >= 4 is 5.78 Å². The Morgan fingerprint density at radius 2 is 2.08 bits per heavy atom. The topological polar surface area (TPSA) is 17.1 Å². The molecule has 0 aromatic rings. The summed E-state index contributed by atoms with van der Waals surface area (Å²) in [6, 6.07) is 0. The summed E-state index contributed by atoms with van der Waals surface area (Å²) < 4.78 is 0. The van der Waals surface area contributed by atoms with Gasteiger partial charge in [0.25, 0.3) is 0 Å². The SMILES string of the molecule is C[C@H]1CC(=O)C[C@H]2CCCC[C@@]21C. The summed E-state index contributed by atoms with van der Waals surface area (Å²) in [7, 11) is 0. The lowest BCUT2D eigenvalue weighted by Gasteiger charge is -2.48. The Hall–Kier alpha value is -0.330. The average Bonchev–Trinajstić information content (AvgIpc) is 2.07. The normalized spacial score (nSPS) is 45.8. The van der Waals surface area contributed by atoms with E-state index in [0.29, 0.717) is 23.0 Å². The fraction of sp³-hybridized carbons (Fsp3) is 0.917. The predicted molar refractivity (Wildman–Crippen MR) is 53.5 cm³/mol. The van der Waals surface area contributed by atoms with Crippen molar-refractivity contribution in [3.05, 3.63) is 0 Å². The molecule has 0 bridgehead atoms. The van der Waals surface area contributed by atoms with Crippen molar-refractivity contribution in [3.8, 4) is 0 Å². The van der Waals surface area contributed by atoms with Gasteiger partial charge in [-0.2, -0.15) is 0 Å². The fourth-order valence-corrected chi connectivity index (χ4v) is 3.35. The Balaban J connectivity index is 2.19. The number of hydrogen-bond acceptors (Lipinski definition) is 1. The molecule has 74 valence electrons. The van der Waals surface area contributed by atoms with Crippen LogP contribution < -0.4 is 0 Å². The van der Waals surface area contributed by atoms with Crippen molar-refractivity contribution in [1.82, 2.24) is 0 Å². The van der Waals surface area contributed by atoms with Crippen molar-refractivity contribution in [2.24, 2.45) is 17.3 Å². The van der Waals surface area contributed by atoms with Crippen LogP contribution in [-0.4, -0.2) is 5.78 Å². The molecular weight excluding hydrogens is 160 g/mol. The molecule has 0 N–H and O–H groups in total. The first-order chi connectivity index (χ1) is 6.13. The summed E-state index contributed by atoms with van der Waals surface area (Å²) in [4.78, 5) is 11.5. The molecule has 0 saturated heterocycles. The first-order valence-corrected chi connectivity index (χ1v) is 5.64. The molecule has 2 aliphatic rings. The van der Waals surface area contributed by atoms with Crippen LogP contribution in [-0.2, 0) is 4.79 Å². The van der Waals surface area contributed by atoms with Crippen LogP contribution in [0.3, 0.4) is 0 Å². The summed E-state index contributed by atoms with van der Waals surface area (Å²) in [6.45, 7) is 4.68. The molecule has 0 unspecified atom stereocenters. The van der Waals surface area contributed by atoms with Gasteiger partial charge in [0.2, 0.25) is 0 Å². The predicted octanol–water partition coefficient (Wildman–Crippen LogP) is 3.18. The molecule has 0 aromatic heterocycles. The van der Waals surface area contributed by atoms with Gasteiger partial charge in [0, 0.05) is 12.8 Å². The van der Waals surface area contributed by atoms with Crippen molar-refractivity contribution in [2.75, 3.05) is 0 Å². The quantitative estimate of drug-likeness (QED) is 0.559. The van der Waals surface area contributed by atoms with Crippen LogP contribution in [0.1, 0.15) is 52.4 Å². The van der Waals surface area contributed by atoms with E-state index in [4.69, 9.17) is 0 Å². The van der Waals surface area contributed by atoms with Gasteiger partial charge in [0.15, 0.2) is 0 Å². The average molecular weight is 180 g/mol. The summed E-state index contributed by atoms with van der Waals surface area (Å²) in [5.41, 5.74) is 0.492. The van der Waals surface area contributed by atoms with Crippen LogP contribution in [0.4, 0.5) is 0 Å².